The molecule has 107 valence electrons. The number of hydrogen-bond donors (Lipinski definition) is 0. The second-order valence-electron chi connectivity index (χ2n) is 4.34. The van der Waals surface area contributed by atoms with Crippen LogP contribution in [-0.4, -0.2) is 0 Å². The maximum Gasteiger partial charge on any atom is 3.00 e. The van der Waals surface area contributed by atoms with Gasteiger partial charge in [-0.25, -0.2) is 0 Å². The molecule has 0 spiro atoms. The minimum absolute atomic E-state index is 0. The van der Waals surface area contributed by atoms with Gasteiger partial charge in [0.1, 0.15) is 0 Å². The second kappa shape index (κ2) is 9.37. The predicted octanol–water partition coefficient (Wildman–Crippen LogP) is 3.44. The molecule has 0 saturated heterocycles. The quantitative estimate of drug-likeness (QED) is 0.409. The fourth-order valence-corrected chi connectivity index (χ4v) is 4.48. The van der Waals surface area contributed by atoms with Gasteiger partial charge in [-0.2, -0.15) is 0 Å². The third-order valence-electron chi connectivity index (χ3n) is 3.04. The summed E-state index contributed by atoms with van der Waals surface area (Å²) in [6.45, 7) is 0. The van der Waals surface area contributed by atoms with E-state index in [0.29, 0.717) is 0 Å². The normalized spacial score (nSPS) is 9.57. The van der Waals surface area contributed by atoms with Crippen LogP contribution in [0.25, 0.3) is 0 Å². The van der Waals surface area contributed by atoms with E-state index in [1.165, 1.54) is 15.9 Å². The maximum absolute atomic E-state index is 2.23. The molecule has 3 heteroatoms. The number of rotatable bonds is 3. The van der Waals surface area contributed by atoms with E-state index in [2.05, 4.69) is 91.0 Å². The number of benzene rings is 3. The first-order chi connectivity index (χ1) is 9.45. The molecule has 0 amide bonds. The molecule has 0 saturated carbocycles. The summed E-state index contributed by atoms with van der Waals surface area (Å²) in [7, 11) is -0.446. The summed E-state index contributed by atoms with van der Waals surface area (Å²) < 4.78 is 0. The molecule has 0 aliphatic heterocycles. The van der Waals surface area contributed by atoms with Gasteiger partial charge in [0.05, 0.1) is 0 Å². The Kier molecular flexibility index (Phi) is 8.21. The van der Waals surface area contributed by atoms with Crippen molar-refractivity contribution in [3.05, 3.63) is 91.0 Å². The van der Waals surface area contributed by atoms with E-state index in [4.69, 9.17) is 0 Å². The van der Waals surface area contributed by atoms with Crippen molar-refractivity contribution in [2.75, 3.05) is 0 Å². The van der Waals surface area contributed by atoms with Crippen molar-refractivity contribution in [2.24, 2.45) is 0 Å². The molecule has 0 fully saturated rings. The largest absolute Gasteiger partial charge is 3.00 e. The summed E-state index contributed by atoms with van der Waals surface area (Å²) in [5.74, 6) is 0. The molecule has 3 aromatic carbocycles. The van der Waals surface area contributed by atoms with Crippen LogP contribution in [-0.2, 0) is 39.0 Å². The smallest absolute Gasteiger partial charge is 0.0622 e. The SMILES string of the molecule is [Rh+3].[Rh].c1ccc(P(c2ccccc2)c2ccccc2)cc1. The van der Waals surface area contributed by atoms with Crippen molar-refractivity contribution in [1.82, 2.24) is 0 Å². The van der Waals surface area contributed by atoms with E-state index < -0.39 is 7.92 Å². The Morgan fingerprint density at radius 3 is 0.905 bits per heavy atom. The van der Waals surface area contributed by atoms with Crippen LogP contribution in [0, 0.1) is 0 Å². The van der Waals surface area contributed by atoms with E-state index in [9.17, 15) is 0 Å². The molecule has 0 nitrogen and oxygen atoms in total. The average Bonchev–Trinajstić information content (AvgIpc) is 2.51. The third-order valence-corrected chi connectivity index (χ3v) is 5.49. The van der Waals surface area contributed by atoms with Gasteiger partial charge in [0.2, 0.25) is 0 Å². The van der Waals surface area contributed by atoms with Gasteiger partial charge in [0, 0.05) is 19.5 Å². The topological polar surface area (TPSA) is 0 Å². The summed E-state index contributed by atoms with van der Waals surface area (Å²) in [5, 5.41) is 4.19. The van der Waals surface area contributed by atoms with Crippen molar-refractivity contribution >= 4 is 23.8 Å². The van der Waals surface area contributed by atoms with Gasteiger partial charge >= 0.3 is 19.5 Å². The summed E-state index contributed by atoms with van der Waals surface area (Å²) in [6.07, 6.45) is 0. The van der Waals surface area contributed by atoms with Gasteiger partial charge in [-0.05, 0) is 23.8 Å². The molecule has 0 N–H and O–H groups in total. The Morgan fingerprint density at radius 1 is 0.429 bits per heavy atom. The van der Waals surface area contributed by atoms with E-state index in [-0.39, 0.29) is 39.0 Å². The van der Waals surface area contributed by atoms with Gasteiger partial charge in [-0.3, -0.25) is 0 Å². The van der Waals surface area contributed by atoms with Crippen LogP contribution in [0.15, 0.2) is 91.0 Å². The fraction of sp³-hybridized carbons (Fsp3) is 0. The third kappa shape index (κ3) is 4.65. The van der Waals surface area contributed by atoms with Gasteiger partial charge in [0.25, 0.3) is 0 Å². The first-order valence-corrected chi connectivity index (χ1v) is 7.74. The maximum atomic E-state index is 2.23. The van der Waals surface area contributed by atoms with Crippen LogP contribution < -0.4 is 15.9 Å². The molecular weight excluding hydrogens is 453 g/mol. The Morgan fingerprint density at radius 2 is 0.667 bits per heavy atom. The minimum Gasteiger partial charge on any atom is -0.0622 e. The van der Waals surface area contributed by atoms with Gasteiger partial charge in [-0.15, -0.1) is 0 Å². The van der Waals surface area contributed by atoms with Crippen molar-refractivity contribution in [2.45, 2.75) is 0 Å². The van der Waals surface area contributed by atoms with Gasteiger partial charge in [0.15, 0.2) is 0 Å². The van der Waals surface area contributed by atoms with Crippen molar-refractivity contribution in [1.29, 1.82) is 0 Å². The Labute approximate surface area is 153 Å². The first-order valence-electron chi connectivity index (χ1n) is 6.40. The van der Waals surface area contributed by atoms with E-state index in [1.54, 1.807) is 0 Å². The molecular formula is C18H15PRh2+3. The van der Waals surface area contributed by atoms with Crippen LogP contribution in [0.3, 0.4) is 0 Å². The zero-order valence-corrected chi connectivity index (χ0v) is 15.4. The van der Waals surface area contributed by atoms with E-state index in [0.717, 1.165) is 0 Å². The molecule has 0 aliphatic rings. The molecule has 21 heavy (non-hydrogen) atoms. The summed E-state index contributed by atoms with van der Waals surface area (Å²) in [4.78, 5) is 0. The van der Waals surface area contributed by atoms with E-state index in [1.807, 2.05) is 0 Å². The summed E-state index contributed by atoms with van der Waals surface area (Å²) >= 11 is 0. The summed E-state index contributed by atoms with van der Waals surface area (Å²) in [5.41, 5.74) is 0. The van der Waals surface area contributed by atoms with Gasteiger partial charge in [-0.1, -0.05) is 91.0 Å². The van der Waals surface area contributed by atoms with Crippen LogP contribution >= 0.6 is 7.92 Å². The predicted molar refractivity (Wildman–Crippen MR) is 85.1 cm³/mol. The molecule has 0 bridgehead atoms. The Hall–Kier alpha value is -0.663. The van der Waals surface area contributed by atoms with Crippen molar-refractivity contribution in [3.63, 3.8) is 0 Å². The standard InChI is InChI=1S/C18H15P.2Rh/c1-4-10-16(11-5-1)19(17-12-6-2-7-13-17)18-14-8-3-9-15-18;;/h1-15H;;/q;;+3. The molecule has 0 atom stereocenters. The average molecular weight is 468 g/mol. The molecule has 0 aromatic heterocycles. The summed E-state index contributed by atoms with van der Waals surface area (Å²) in [6, 6.07) is 32.3. The van der Waals surface area contributed by atoms with Crippen LogP contribution in [0.2, 0.25) is 0 Å². The Balaban J connectivity index is 0.00000110. The molecule has 3 aromatic rings. The molecule has 1 radical (unpaired) electrons. The zero-order chi connectivity index (χ0) is 12.9. The second-order valence-corrected chi connectivity index (χ2v) is 6.56. The monoisotopic (exact) mass is 468 g/mol. The van der Waals surface area contributed by atoms with Crippen LogP contribution in [0.5, 0.6) is 0 Å². The Bertz CT molecular complexity index is 533. The number of hydrogen-bond acceptors (Lipinski definition) is 0. The van der Waals surface area contributed by atoms with Crippen molar-refractivity contribution < 1.29 is 39.0 Å². The molecule has 0 heterocycles. The van der Waals surface area contributed by atoms with E-state index >= 15 is 0 Å². The zero-order valence-electron chi connectivity index (χ0n) is 11.3. The first kappa shape index (κ1) is 18.4. The van der Waals surface area contributed by atoms with Crippen LogP contribution in [0.4, 0.5) is 0 Å². The molecule has 0 unspecified atom stereocenters. The molecule has 0 aliphatic carbocycles. The van der Waals surface area contributed by atoms with Gasteiger partial charge < -0.3 is 0 Å². The van der Waals surface area contributed by atoms with Crippen LogP contribution in [0.1, 0.15) is 0 Å². The molecule has 3 rings (SSSR count). The van der Waals surface area contributed by atoms with Crippen molar-refractivity contribution in [3.8, 4) is 0 Å². The fourth-order valence-electron chi connectivity index (χ4n) is 2.18. The minimum atomic E-state index is -0.446.